The second-order valence-corrected chi connectivity index (χ2v) is 4.56. The maximum absolute atomic E-state index is 11.8. The number of methoxy groups -OCH3 is 1. The van der Waals surface area contributed by atoms with Gasteiger partial charge in [-0.25, -0.2) is 4.79 Å². The molecule has 0 heterocycles. The van der Waals surface area contributed by atoms with Crippen LogP contribution in [0.2, 0.25) is 0 Å². The van der Waals surface area contributed by atoms with Crippen LogP contribution in [0.25, 0.3) is 0 Å². The molecule has 0 bridgehead atoms. The Morgan fingerprint density at radius 3 is 2.43 bits per heavy atom. The maximum atomic E-state index is 11.8. The number of aryl methyl sites for hydroxylation is 2. The van der Waals surface area contributed by atoms with Gasteiger partial charge in [-0.1, -0.05) is 12.1 Å². The summed E-state index contributed by atoms with van der Waals surface area (Å²) in [7, 11) is 1.43. The average molecular weight is 288 g/mol. The van der Waals surface area contributed by atoms with E-state index in [9.17, 15) is 9.90 Å². The van der Waals surface area contributed by atoms with Crippen molar-refractivity contribution in [3.8, 4) is 23.0 Å². The molecule has 0 aromatic heterocycles. The second kappa shape index (κ2) is 6.17. The van der Waals surface area contributed by atoms with E-state index in [0.717, 1.165) is 11.1 Å². The maximum Gasteiger partial charge on any atom is 0.519 e. The predicted octanol–water partition coefficient (Wildman–Crippen LogP) is 3.60. The normalized spacial score (nSPS) is 10.0. The minimum atomic E-state index is -0.867. The van der Waals surface area contributed by atoms with E-state index >= 15 is 0 Å². The number of rotatable bonds is 3. The van der Waals surface area contributed by atoms with E-state index in [0.29, 0.717) is 11.5 Å². The van der Waals surface area contributed by atoms with E-state index in [1.165, 1.54) is 25.3 Å². The molecule has 110 valence electrons. The van der Waals surface area contributed by atoms with Crippen LogP contribution in [0.3, 0.4) is 0 Å². The molecule has 0 saturated carbocycles. The second-order valence-electron chi connectivity index (χ2n) is 4.56. The van der Waals surface area contributed by atoms with Crippen molar-refractivity contribution in [2.45, 2.75) is 13.8 Å². The molecule has 2 rings (SSSR count). The molecule has 0 amide bonds. The lowest BCUT2D eigenvalue weighted by Gasteiger charge is -2.09. The Balaban J connectivity index is 2.08. The standard InChI is InChI=1S/C16H16O5/c1-10-4-5-11(2)15(8-10)21-16(18)20-12-6-7-14(19-3)13(17)9-12/h4-9,17H,1-3H3. The summed E-state index contributed by atoms with van der Waals surface area (Å²) in [6.45, 7) is 3.74. The van der Waals surface area contributed by atoms with Crippen molar-refractivity contribution in [2.75, 3.05) is 7.11 Å². The fourth-order valence-corrected chi connectivity index (χ4v) is 1.76. The molecule has 0 fully saturated rings. The molecule has 0 saturated heterocycles. The minimum Gasteiger partial charge on any atom is -0.504 e. The summed E-state index contributed by atoms with van der Waals surface area (Å²) in [4.78, 5) is 11.8. The van der Waals surface area contributed by atoms with Gasteiger partial charge < -0.3 is 19.3 Å². The molecule has 2 aromatic carbocycles. The highest BCUT2D eigenvalue weighted by Crippen LogP contribution is 2.30. The zero-order chi connectivity index (χ0) is 15.4. The summed E-state index contributed by atoms with van der Waals surface area (Å²) in [5, 5.41) is 9.62. The molecular formula is C16H16O5. The lowest BCUT2D eigenvalue weighted by atomic mass is 10.1. The van der Waals surface area contributed by atoms with Crippen LogP contribution in [0.4, 0.5) is 4.79 Å². The molecule has 0 spiro atoms. The lowest BCUT2D eigenvalue weighted by Crippen LogP contribution is -2.14. The van der Waals surface area contributed by atoms with Crippen molar-refractivity contribution in [1.82, 2.24) is 0 Å². The summed E-state index contributed by atoms with van der Waals surface area (Å²) < 4.78 is 15.1. The average Bonchev–Trinajstić information content (AvgIpc) is 2.43. The summed E-state index contributed by atoms with van der Waals surface area (Å²) in [5.41, 5.74) is 1.81. The molecule has 21 heavy (non-hydrogen) atoms. The van der Waals surface area contributed by atoms with Crippen molar-refractivity contribution in [2.24, 2.45) is 0 Å². The van der Waals surface area contributed by atoms with E-state index in [2.05, 4.69) is 0 Å². The highest BCUT2D eigenvalue weighted by Gasteiger charge is 2.12. The Labute approximate surface area is 122 Å². The van der Waals surface area contributed by atoms with E-state index in [1.54, 1.807) is 6.07 Å². The summed E-state index contributed by atoms with van der Waals surface area (Å²) in [6.07, 6.45) is -0.867. The fraction of sp³-hybridized carbons (Fsp3) is 0.188. The Morgan fingerprint density at radius 2 is 1.76 bits per heavy atom. The van der Waals surface area contributed by atoms with Gasteiger partial charge in [0.25, 0.3) is 0 Å². The van der Waals surface area contributed by atoms with Crippen LogP contribution in [-0.4, -0.2) is 18.4 Å². The quantitative estimate of drug-likeness (QED) is 0.690. The van der Waals surface area contributed by atoms with Gasteiger partial charge >= 0.3 is 6.16 Å². The van der Waals surface area contributed by atoms with Crippen molar-refractivity contribution in [3.05, 3.63) is 47.5 Å². The number of carbonyl (C=O) groups excluding carboxylic acids is 1. The number of hydrogen-bond donors (Lipinski definition) is 1. The first kappa shape index (κ1) is 14.7. The molecule has 0 aliphatic rings. The first-order valence-electron chi connectivity index (χ1n) is 6.33. The van der Waals surface area contributed by atoms with Gasteiger partial charge in [-0.15, -0.1) is 0 Å². The van der Waals surface area contributed by atoms with Gasteiger partial charge in [0.1, 0.15) is 11.5 Å². The van der Waals surface area contributed by atoms with Gasteiger partial charge in [-0.3, -0.25) is 0 Å². The SMILES string of the molecule is COc1ccc(OC(=O)Oc2cc(C)ccc2C)cc1O. The molecule has 1 N–H and O–H groups in total. The molecule has 2 aromatic rings. The molecule has 0 atom stereocenters. The van der Waals surface area contributed by atoms with Gasteiger partial charge in [-0.2, -0.15) is 0 Å². The zero-order valence-corrected chi connectivity index (χ0v) is 12.0. The van der Waals surface area contributed by atoms with Crippen molar-refractivity contribution in [3.63, 3.8) is 0 Å². The van der Waals surface area contributed by atoms with E-state index in [1.807, 2.05) is 26.0 Å². The third kappa shape index (κ3) is 3.66. The Morgan fingerprint density at radius 1 is 1.00 bits per heavy atom. The van der Waals surface area contributed by atoms with Gasteiger partial charge in [0.2, 0.25) is 0 Å². The first-order valence-corrected chi connectivity index (χ1v) is 6.33. The van der Waals surface area contributed by atoms with Gasteiger partial charge in [0.05, 0.1) is 7.11 Å². The van der Waals surface area contributed by atoms with Crippen LogP contribution in [0.1, 0.15) is 11.1 Å². The van der Waals surface area contributed by atoms with E-state index in [4.69, 9.17) is 14.2 Å². The van der Waals surface area contributed by atoms with Crippen LogP contribution in [0.15, 0.2) is 36.4 Å². The van der Waals surface area contributed by atoms with Gasteiger partial charge in [0, 0.05) is 6.07 Å². The summed E-state index contributed by atoms with van der Waals surface area (Å²) in [6, 6.07) is 9.82. The van der Waals surface area contributed by atoms with Crippen LogP contribution >= 0.6 is 0 Å². The molecule has 5 heteroatoms. The Kier molecular flexibility index (Phi) is 4.33. The van der Waals surface area contributed by atoms with Crippen LogP contribution in [0.5, 0.6) is 23.0 Å². The number of benzene rings is 2. The molecule has 0 radical (unpaired) electrons. The van der Waals surface area contributed by atoms with Gasteiger partial charge in [0.15, 0.2) is 11.5 Å². The number of ether oxygens (including phenoxy) is 3. The third-order valence-corrected chi connectivity index (χ3v) is 2.89. The smallest absolute Gasteiger partial charge is 0.504 e. The molecule has 0 aliphatic carbocycles. The largest absolute Gasteiger partial charge is 0.519 e. The van der Waals surface area contributed by atoms with E-state index < -0.39 is 6.16 Å². The third-order valence-electron chi connectivity index (χ3n) is 2.89. The monoisotopic (exact) mass is 288 g/mol. The van der Waals surface area contributed by atoms with Crippen LogP contribution in [-0.2, 0) is 0 Å². The lowest BCUT2D eigenvalue weighted by molar-refractivity contribution is 0.151. The van der Waals surface area contributed by atoms with Gasteiger partial charge in [-0.05, 0) is 43.2 Å². The molecular weight excluding hydrogens is 272 g/mol. The van der Waals surface area contributed by atoms with E-state index in [-0.39, 0.29) is 11.5 Å². The van der Waals surface area contributed by atoms with Crippen molar-refractivity contribution < 1.29 is 24.1 Å². The molecule has 0 unspecified atom stereocenters. The highest BCUT2D eigenvalue weighted by atomic mass is 16.7. The number of phenolic OH excluding ortho intramolecular Hbond substituents is 1. The summed E-state index contributed by atoms with van der Waals surface area (Å²) >= 11 is 0. The fourth-order valence-electron chi connectivity index (χ4n) is 1.76. The topological polar surface area (TPSA) is 65.0 Å². The van der Waals surface area contributed by atoms with Crippen LogP contribution in [0, 0.1) is 13.8 Å². The molecule has 0 aliphatic heterocycles. The number of aromatic hydroxyl groups is 1. The van der Waals surface area contributed by atoms with Crippen LogP contribution < -0.4 is 14.2 Å². The number of carbonyl (C=O) groups is 1. The number of hydrogen-bond acceptors (Lipinski definition) is 5. The summed E-state index contributed by atoms with van der Waals surface area (Å²) in [5.74, 6) is 0.793. The molecule has 5 nitrogen and oxygen atoms in total. The van der Waals surface area contributed by atoms with Crippen molar-refractivity contribution >= 4 is 6.16 Å². The minimum absolute atomic E-state index is 0.116. The number of phenols is 1. The highest BCUT2D eigenvalue weighted by molar-refractivity contribution is 5.68. The Bertz CT molecular complexity index is 664. The van der Waals surface area contributed by atoms with Crippen molar-refractivity contribution in [1.29, 1.82) is 0 Å². The first-order chi connectivity index (χ1) is 9.99. The predicted molar refractivity (Wildman–Crippen MR) is 77.2 cm³/mol. The zero-order valence-electron chi connectivity index (χ0n) is 12.0. The Hall–Kier alpha value is -2.69.